The molecule has 1 aliphatic rings. The number of nitrogens with one attached hydrogen (secondary N) is 2. The molecule has 6 heterocycles. The number of thiazole rings is 1. The van der Waals surface area contributed by atoms with Gasteiger partial charge in [-0.15, -0.1) is 0 Å². The molecule has 28 heteroatoms. The number of esters is 1. The van der Waals surface area contributed by atoms with Crippen LogP contribution in [0.25, 0.3) is 21.4 Å². The fourth-order valence-electron chi connectivity index (χ4n) is 8.15. The summed E-state index contributed by atoms with van der Waals surface area (Å²) in [5, 5.41) is 14.4. The maximum Gasteiger partial charge on any atom is 0.317 e. The third-order valence-electron chi connectivity index (χ3n) is 12.0. The van der Waals surface area contributed by atoms with E-state index >= 15 is 0 Å². The molecule has 1 aromatic carbocycles. The molecule has 414 valence electrons. The highest BCUT2D eigenvalue weighted by molar-refractivity contribution is 7.16. The van der Waals surface area contributed by atoms with E-state index < -0.39 is 90.4 Å². The number of oxazole rings is 2. The second-order valence-corrected chi connectivity index (χ2v) is 18.8. The summed E-state index contributed by atoms with van der Waals surface area (Å²) in [4.78, 5) is 149. The van der Waals surface area contributed by atoms with Crippen molar-refractivity contribution in [2.45, 2.75) is 92.3 Å². The summed E-state index contributed by atoms with van der Waals surface area (Å²) in [5.74, 6) is -8.33. The van der Waals surface area contributed by atoms with Crippen molar-refractivity contribution in [3.05, 3.63) is 99.3 Å². The fourth-order valence-corrected chi connectivity index (χ4v) is 9.24. The number of imidazole rings is 1. The van der Waals surface area contributed by atoms with Gasteiger partial charge in [0.05, 0.1) is 46.8 Å². The van der Waals surface area contributed by atoms with E-state index in [-0.39, 0.29) is 95.3 Å². The first-order valence-corrected chi connectivity index (χ1v) is 25.5. The van der Waals surface area contributed by atoms with Crippen LogP contribution in [0, 0.1) is 19.8 Å². The Hall–Kier alpha value is -9.47. The number of imide groups is 1. The lowest BCUT2D eigenvalue weighted by molar-refractivity contribution is -0.150. The number of fused-ring (bicyclic) bond motifs is 2. The van der Waals surface area contributed by atoms with Crippen LogP contribution in [-0.4, -0.2) is 124 Å². The Bertz CT molecular complexity index is 3560. The number of aromatic nitrogens is 6. The van der Waals surface area contributed by atoms with Crippen molar-refractivity contribution < 1.29 is 71.4 Å². The van der Waals surface area contributed by atoms with Crippen LogP contribution in [0.2, 0.25) is 0 Å². The predicted molar refractivity (Wildman–Crippen MR) is 277 cm³/mol. The van der Waals surface area contributed by atoms with E-state index in [4.69, 9.17) is 29.8 Å². The molecule has 2 atom stereocenters. The van der Waals surface area contributed by atoms with E-state index in [1.807, 2.05) is 6.92 Å². The molecule has 0 unspecified atom stereocenters. The Balaban J connectivity index is 1.11. The monoisotopic (exact) mass is 1110 g/mol. The molecule has 0 aliphatic carbocycles. The zero-order valence-corrected chi connectivity index (χ0v) is 44.2. The van der Waals surface area contributed by atoms with E-state index in [9.17, 15) is 53.1 Å². The molecule has 0 radical (unpaired) electrons. The molecule has 0 saturated heterocycles. The fraction of sp³-hybridized carbons (Fsp3) is 0.353. The minimum absolute atomic E-state index is 0.00393. The number of nitrogens with two attached hydrogens (primary N) is 2. The third-order valence-corrected chi connectivity index (χ3v) is 13.0. The Morgan fingerprint density at radius 3 is 2.15 bits per heavy atom. The molecule has 6 aromatic rings. The molecule has 7 rings (SSSR count). The first-order chi connectivity index (χ1) is 37.6. The standard InChI is InChI=1S/C51H54N12O15S/c1-6-30-42(77-26(4)55-30)47(72)59-50-58-33-20-29(45(53)71)23-54-46(33)62(50)16-9-8-15-61-41-35(21-28(44(52)70)22-36(41)79-51(61)60-48(73)43-31(7-2)56-27(5)78-43)75-17-10-18-76-49(74)25(3)19-34(64)32(11-14-40(68)69)57-37(65)24-63-38(66)12-13-39(63)67/h8-9,12-13,20-23,25,32H,6-7,10-11,14-19,24H2,1-5H3,(H2,52,70)(H2,53,71)(H,57,65)(H,68,69)(H,58,59,72)/b9-8+,60-51?/t25-,32+/m1/s1. The third kappa shape index (κ3) is 13.7. The summed E-state index contributed by atoms with van der Waals surface area (Å²) in [6.07, 6.45) is 6.28. The number of allylic oxidation sites excluding steroid dienone is 2. The van der Waals surface area contributed by atoms with Crippen LogP contribution in [-0.2, 0) is 59.4 Å². The van der Waals surface area contributed by atoms with Crippen LogP contribution in [0.15, 0.2) is 62.5 Å². The second kappa shape index (κ2) is 25.1. The molecule has 7 amide bonds. The first kappa shape index (κ1) is 57.2. The van der Waals surface area contributed by atoms with Gasteiger partial charge in [-0.2, -0.15) is 4.99 Å². The number of carbonyl (C=O) groups is 10. The second-order valence-electron chi connectivity index (χ2n) is 17.8. The highest BCUT2D eigenvalue weighted by Crippen LogP contribution is 2.31. The molecule has 0 bridgehead atoms. The molecule has 0 spiro atoms. The number of aliphatic carboxylic acids is 1. The minimum atomic E-state index is -1.35. The highest BCUT2D eigenvalue weighted by Gasteiger charge is 2.31. The number of carboxylic acids is 1. The van der Waals surface area contributed by atoms with Crippen molar-refractivity contribution in [3.63, 3.8) is 0 Å². The summed E-state index contributed by atoms with van der Waals surface area (Å²) in [7, 11) is 0. The van der Waals surface area contributed by atoms with Gasteiger partial charge in [-0.3, -0.25) is 62.7 Å². The number of anilines is 1. The van der Waals surface area contributed by atoms with Gasteiger partial charge in [-0.05, 0) is 37.5 Å². The van der Waals surface area contributed by atoms with Crippen LogP contribution in [0.1, 0.15) is 111 Å². The van der Waals surface area contributed by atoms with Crippen LogP contribution in [0.4, 0.5) is 5.95 Å². The largest absolute Gasteiger partial charge is 0.491 e. The number of Topliss-reactive ketones (excluding diaryl/α,β-unsaturated/α-hetero) is 1. The topological polar surface area (TPSA) is 389 Å². The van der Waals surface area contributed by atoms with Crippen molar-refractivity contribution in [2.75, 3.05) is 25.1 Å². The Kier molecular flexibility index (Phi) is 18.2. The van der Waals surface area contributed by atoms with E-state index in [1.54, 1.807) is 42.1 Å². The Labute approximate surface area is 451 Å². The van der Waals surface area contributed by atoms with Gasteiger partial charge in [0.25, 0.3) is 17.7 Å². The molecule has 79 heavy (non-hydrogen) atoms. The maximum atomic E-state index is 13.8. The quantitative estimate of drug-likeness (QED) is 0.0226. The number of aryl methyl sites for hydroxylation is 4. The summed E-state index contributed by atoms with van der Waals surface area (Å²) in [5.41, 5.74) is 13.2. The number of ketones is 1. The predicted octanol–water partition coefficient (Wildman–Crippen LogP) is 2.79. The lowest BCUT2D eigenvalue weighted by atomic mass is 9.97. The van der Waals surface area contributed by atoms with Gasteiger partial charge in [-0.1, -0.05) is 44.3 Å². The zero-order chi connectivity index (χ0) is 57.2. The summed E-state index contributed by atoms with van der Waals surface area (Å²) in [6, 6.07) is 3.01. The molecule has 7 N–H and O–H groups in total. The Morgan fingerprint density at radius 1 is 0.861 bits per heavy atom. The molecular formula is C51H54N12O15S. The number of hydrogen-bond acceptors (Lipinski definition) is 19. The molecule has 5 aromatic heterocycles. The number of ether oxygens (including phenoxy) is 2. The number of nitrogens with zero attached hydrogens (tertiary/aromatic N) is 8. The average molecular weight is 1110 g/mol. The molecule has 0 fully saturated rings. The van der Waals surface area contributed by atoms with Gasteiger partial charge >= 0.3 is 17.8 Å². The van der Waals surface area contributed by atoms with Crippen molar-refractivity contribution in [2.24, 2.45) is 22.4 Å². The first-order valence-electron chi connectivity index (χ1n) is 24.6. The SMILES string of the molecule is CCc1nc(C)oc1C(=O)N=c1sc2cc(C(N)=O)cc(OCCCOC(=O)[C@H](C)CC(=O)[C@H](CCC(=O)O)NC(=O)CN3C(=O)C=CC3=O)c2n1C/C=C/Cn1c(NC(=O)c2oc(C)nc2CC)nc2cc(C(N)=O)cnc21. The minimum Gasteiger partial charge on any atom is -0.491 e. The molecule has 1 aliphatic heterocycles. The van der Waals surface area contributed by atoms with Gasteiger partial charge in [0, 0.05) is 70.1 Å². The maximum absolute atomic E-state index is 13.8. The molecule has 27 nitrogen and oxygen atoms in total. The molecular weight excluding hydrogens is 1050 g/mol. The van der Waals surface area contributed by atoms with Gasteiger partial charge in [-0.25, -0.2) is 19.9 Å². The number of pyridine rings is 1. The normalized spacial score (nSPS) is 13.4. The van der Waals surface area contributed by atoms with E-state index in [0.29, 0.717) is 45.2 Å². The number of benzene rings is 1. The van der Waals surface area contributed by atoms with Gasteiger partial charge in [0.2, 0.25) is 35.2 Å². The van der Waals surface area contributed by atoms with Crippen molar-refractivity contribution in [1.29, 1.82) is 0 Å². The number of carboxylic acid groups (broad SMARTS) is 1. The lowest BCUT2D eigenvalue weighted by Gasteiger charge is -2.20. The number of carbonyl (C=O) groups excluding carboxylic acids is 9. The summed E-state index contributed by atoms with van der Waals surface area (Å²) < 4.78 is 26.6. The van der Waals surface area contributed by atoms with E-state index in [1.165, 1.54) is 31.3 Å². The van der Waals surface area contributed by atoms with Crippen molar-refractivity contribution in [3.8, 4) is 5.75 Å². The lowest BCUT2D eigenvalue weighted by Crippen LogP contribution is -2.47. The number of rotatable bonds is 26. The summed E-state index contributed by atoms with van der Waals surface area (Å²) >= 11 is 1.04. The number of amides is 7. The zero-order valence-electron chi connectivity index (χ0n) is 43.4. The van der Waals surface area contributed by atoms with Gasteiger partial charge in [0.1, 0.15) is 23.3 Å². The van der Waals surface area contributed by atoms with Crippen molar-refractivity contribution >= 4 is 97.7 Å². The van der Waals surface area contributed by atoms with Crippen LogP contribution < -0.4 is 31.6 Å². The van der Waals surface area contributed by atoms with Crippen LogP contribution in [0.3, 0.4) is 0 Å². The van der Waals surface area contributed by atoms with E-state index in [0.717, 1.165) is 23.5 Å². The van der Waals surface area contributed by atoms with Gasteiger partial charge in [0.15, 0.2) is 28.0 Å². The smallest absolute Gasteiger partial charge is 0.317 e. The van der Waals surface area contributed by atoms with Crippen LogP contribution >= 0.6 is 11.3 Å². The average Bonchev–Trinajstić information content (AvgIpc) is 4.25. The number of hydrogen-bond donors (Lipinski definition) is 5. The van der Waals surface area contributed by atoms with Gasteiger partial charge < -0.3 is 44.8 Å². The Morgan fingerprint density at radius 2 is 1.51 bits per heavy atom. The highest BCUT2D eigenvalue weighted by atomic mass is 32.1. The van der Waals surface area contributed by atoms with Crippen LogP contribution in [0.5, 0.6) is 5.75 Å². The van der Waals surface area contributed by atoms with Crippen molar-refractivity contribution in [1.82, 2.24) is 39.3 Å². The summed E-state index contributed by atoms with van der Waals surface area (Å²) in [6.45, 7) is 7.29. The number of primary amides is 2. The van der Waals surface area contributed by atoms with E-state index in [2.05, 4.69) is 35.6 Å². The molecule has 0 saturated carbocycles.